The molecule has 3 N–H and O–H groups in total. The minimum Gasteiger partial charge on any atom is -0.410 e. The zero-order valence-electron chi connectivity index (χ0n) is 29.8. The second-order valence-electron chi connectivity index (χ2n) is 15.5. The third kappa shape index (κ3) is 6.35. The van der Waals surface area contributed by atoms with E-state index in [9.17, 15) is 27.6 Å². The van der Waals surface area contributed by atoms with Crippen molar-refractivity contribution in [2.75, 3.05) is 5.32 Å². The minimum absolute atomic E-state index is 0.0248. The van der Waals surface area contributed by atoms with Gasteiger partial charge in [0.15, 0.2) is 0 Å². The van der Waals surface area contributed by atoms with Crippen molar-refractivity contribution in [1.82, 2.24) is 20.2 Å². The molecule has 15 heteroatoms. The third-order valence-corrected chi connectivity index (χ3v) is 11.7. The second kappa shape index (κ2) is 12.9. The molecule has 276 valence electrons. The molecule has 1 saturated heterocycles. The molecule has 52 heavy (non-hydrogen) atoms. The van der Waals surface area contributed by atoms with Crippen LogP contribution in [-0.4, -0.2) is 46.3 Å². The summed E-state index contributed by atoms with van der Waals surface area (Å²) in [6.07, 6.45) is -1.77. The lowest BCUT2D eigenvalue weighted by molar-refractivity contribution is -0.185. The predicted molar refractivity (Wildman–Crippen MR) is 186 cm³/mol. The standard InChI is InChI=1S/C37H43BF3N5O6/c1-6-28(38-51-29-25-16-23(34(25,2)3)17-36(29,5)52-38)44-30(47)27-18-35(4,45-33(49)50-24-13-8-7-9-14-24)32-43-20-26(31(48)46(27)32)42-19-21-11-10-12-22(15-21)37(39,40)41/h7-15,20,23,25,27-29,42H,6,16-19H2,1-5H3,(H,44,47)(H,45,49)/t23?,25?,27-,28-,29?,35+,36-/m0/s1. The van der Waals surface area contributed by atoms with Crippen LogP contribution >= 0.6 is 0 Å². The van der Waals surface area contributed by atoms with Crippen molar-refractivity contribution in [2.45, 2.75) is 102 Å². The topological polar surface area (TPSA) is 133 Å². The van der Waals surface area contributed by atoms with Gasteiger partial charge in [-0.2, -0.15) is 13.2 Å². The van der Waals surface area contributed by atoms with Crippen molar-refractivity contribution in [2.24, 2.45) is 17.3 Å². The van der Waals surface area contributed by atoms with Gasteiger partial charge in [0.2, 0.25) is 5.91 Å². The molecule has 11 nitrogen and oxygen atoms in total. The predicted octanol–water partition coefficient (Wildman–Crippen LogP) is 5.99. The summed E-state index contributed by atoms with van der Waals surface area (Å²) in [5.74, 6) is 0.283. The lowest BCUT2D eigenvalue weighted by atomic mass is 9.45. The van der Waals surface area contributed by atoms with E-state index >= 15 is 0 Å². The fourth-order valence-corrected chi connectivity index (χ4v) is 8.63. The summed E-state index contributed by atoms with van der Waals surface area (Å²) in [6, 6.07) is 12.1. The summed E-state index contributed by atoms with van der Waals surface area (Å²) in [5.41, 5.74) is -2.80. The Bertz CT molecular complexity index is 1930. The summed E-state index contributed by atoms with van der Waals surface area (Å²) in [5, 5.41) is 8.78. The number of halogens is 3. The third-order valence-electron chi connectivity index (χ3n) is 11.7. The van der Waals surface area contributed by atoms with Crippen molar-refractivity contribution in [3.8, 4) is 5.75 Å². The first-order chi connectivity index (χ1) is 24.5. The number of amides is 2. The van der Waals surface area contributed by atoms with Crippen LogP contribution in [0.15, 0.2) is 65.6 Å². The normalized spacial score (nSPS) is 29.0. The fraction of sp³-hybridized carbons (Fsp3) is 0.514. The van der Waals surface area contributed by atoms with E-state index in [-0.39, 0.29) is 36.0 Å². The van der Waals surface area contributed by atoms with Gasteiger partial charge in [0, 0.05) is 13.0 Å². The van der Waals surface area contributed by atoms with E-state index in [1.807, 2.05) is 6.92 Å². The summed E-state index contributed by atoms with van der Waals surface area (Å²) in [7, 11) is -0.694. The molecule has 3 heterocycles. The molecule has 4 fully saturated rings. The number of alkyl halides is 3. The Kier molecular flexibility index (Phi) is 8.96. The van der Waals surface area contributed by atoms with E-state index in [1.165, 1.54) is 22.9 Å². The number of benzene rings is 2. The van der Waals surface area contributed by atoms with Crippen LogP contribution in [0.3, 0.4) is 0 Å². The van der Waals surface area contributed by atoms with Gasteiger partial charge in [-0.1, -0.05) is 51.1 Å². The summed E-state index contributed by atoms with van der Waals surface area (Å²) >= 11 is 0. The number of fused-ring (bicyclic) bond motifs is 1. The summed E-state index contributed by atoms with van der Waals surface area (Å²) < 4.78 is 59.8. The van der Waals surface area contributed by atoms with Gasteiger partial charge >= 0.3 is 19.4 Å². The van der Waals surface area contributed by atoms with Crippen molar-refractivity contribution in [3.63, 3.8) is 0 Å². The molecule has 2 aliphatic heterocycles. The average molecular weight is 722 g/mol. The molecule has 3 aromatic rings. The highest BCUT2D eigenvalue weighted by molar-refractivity contribution is 6.47. The average Bonchev–Trinajstić information content (AvgIpc) is 3.61. The first-order valence-electron chi connectivity index (χ1n) is 17.7. The lowest BCUT2D eigenvalue weighted by Gasteiger charge is -2.63. The molecule has 8 rings (SSSR count). The first-order valence-corrected chi connectivity index (χ1v) is 17.7. The number of aromatic nitrogens is 2. The van der Waals surface area contributed by atoms with Gasteiger partial charge in [0.1, 0.15) is 28.8 Å². The number of carbonyl (C=O) groups excluding carboxylic acids is 2. The van der Waals surface area contributed by atoms with Crippen LogP contribution in [0, 0.1) is 17.3 Å². The zero-order valence-corrected chi connectivity index (χ0v) is 29.8. The molecule has 2 amide bonds. The Hall–Kier alpha value is -4.37. The SMILES string of the molecule is CC[C@H](NC(=O)[C@@H]1C[C@@](C)(NC(=O)Oc2ccccc2)c2ncc(NCc3cccc(C(F)(F)F)c3)c(=O)n21)B1OC2C3CC(C[C@]2(C)O1)C3(C)C. The highest BCUT2D eigenvalue weighted by atomic mass is 19.4. The van der Waals surface area contributed by atoms with Gasteiger partial charge in [-0.3, -0.25) is 14.2 Å². The fourth-order valence-electron chi connectivity index (χ4n) is 8.63. The van der Waals surface area contributed by atoms with E-state index in [1.54, 1.807) is 37.3 Å². The smallest absolute Gasteiger partial charge is 0.410 e. The van der Waals surface area contributed by atoms with Gasteiger partial charge in [-0.25, -0.2) is 9.78 Å². The molecular formula is C37H43BF3N5O6. The van der Waals surface area contributed by atoms with Crippen LogP contribution in [0.4, 0.5) is 23.7 Å². The number of nitrogens with one attached hydrogen (secondary N) is 3. The molecule has 0 radical (unpaired) electrons. The zero-order chi connectivity index (χ0) is 37.2. The molecule has 2 aromatic carbocycles. The van der Waals surface area contributed by atoms with Crippen molar-refractivity contribution >= 4 is 24.8 Å². The Balaban J connectivity index is 1.14. The number of hydrogen-bond acceptors (Lipinski definition) is 8. The second-order valence-corrected chi connectivity index (χ2v) is 15.5. The van der Waals surface area contributed by atoms with Crippen molar-refractivity contribution < 1.29 is 36.8 Å². The van der Waals surface area contributed by atoms with Gasteiger partial charge in [0.25, 0.3) is 5.56 Å². The van der Waals surface area contributed by atoms with Crippen molar-refractivity contribution in [3.05, 3.63) is 88.1 Å². The number of hydrogen-bond donors (Lipinski definition) is 3. The van der Waals surface area contributed by atoms with E-state index in [4.69, 9.17) is 14.0 Å². The van der Waals surface area contributed by atoms with Gasteiger partial charge in [-0.15, -0.1) is 0 Å². The lowest BCUT2D eigenvalue weighted by Crippen LogP contribution is -2.63. The minimum atomic E-state index is -4.53. The number of para-hydroxylation sites is 1. The Morgan fingerprint density at radius 2 is 1.85 bits per heavy atom. The van der Waals surface area contributed by atoms with E-state index < -0.39 is 59.5 Å². The molecular weight excluding hydrogens is 678 g/mol. The largest absolute Gasteiger partial charge is 0.481 e. The van der Waals surface area contributed by atoms with Crippen LogP contribution in [0.1, 0.15) is 83.3 Å². The summed E-state index contributed by atoms with van der Waals surface area (Å²) in [6.45, 7) is 10.1. The maximum absolute atomic E-state index is 14.3. The van der Waals surface area contributed by atoms with Gasteiger partial charge in [0.05, 0.1) is 29.4 Å². The van der Waals surface area contributed by atoms with Gasteiger partial charge in [-0.05, 0) is 80.2 Å². The van der Waals surface area contributed by atoms with Crippen LogP contribution in [-0.2, 0) is 32.4 Å². The Morgan fingerprint density at radius 1 is 1.10 bits per heavy atom. The number of rotatable bonds is 9. The number of ether oxygens (including phenoxy) is 1. The highest BCUT2D eigenvalue weighted by Gasteiger charge is 2.67. The molecule has 2 bridgehead atoms. The summed E-state index contributed by atoms with van der Waals surface area (Å²) in [4.78, 5) is 46.0. The number of carbonyl (C=O) groups is 2. The maximum atomic E-state index is 14.3. The molecule has 0 spiro atoms. The van der Waals surface area contributed by atoms with Crippen LogP contribution < -0.4 is 26.2 Å². The molecule has 3 saturated carbocycles. The van der Waals surface area contributed by atoms with Crippen LogP contribution in [0.5, 0.6) is 5.75 Å². The molecule has 3 aliphatic carbocycles. The molecule has 5 aliphatic rings. The monoisotopic (exact) mass is 721 g/mol. The molecule has 3 unspecified atom stereocenters. The molecule has 1 aromatic heterocycles. The first kappa shape index (κ1) is 36.0. The Labute approximate surface area is 300 Å². The van der Waals surface area contributed by atoms with Gasteiger partial charge < -0.3 is 30.0 Å². The maximum Gasteiger partial charge on any atom is 0.481 e. The highest BCUT2D eigenvalue weighted by Crippen LogP contribution is 2.64. The van der Waals surface area contributed by atoms with Crippen LogP contribution in [0.2, 0.25) is 0 Å². The Morgan fingerprint density at radius 3 is 2.54 bits per heavy atom. The van der Waals surface area contributed by atoms with E-state index in [0.29, 0.717) is 29.6 Å². The van der Waals surface area contributed by atoms with E-state index in [0.717, 1.165) is 25.0 Å². The quantitative estimate of drug-likeness (QED) is 0.230. The van der Waals surface area contributed by atoms with Crippen molar-refractivity contribution in [1.29, 1.82) is 0 Å². The number of nitrogens with zero attached hydrogens (tertiary/aromatic N) is 2. The van der Waals surface area contributed by atoms with E-state index in [2.05, 4.69) is 41.7 Å². The van der Waals surface area contributed by atoms with Crippen LogP contribution in [0.25, 0.3) is 0 Å². The molecule has 7 atom stereocenters. The number of anilines is 1.